The number of nitrogens with zero attached hydrogens (tertiary/aromatic N) is 3. The van der Waals surface area contributed by atoms with Gasteiger partial charge in [-0.3, -0.25) is 4.79 Å². The molecular formula is C20H20ClN3O3. The zero-order valence-electron chi connectivity index (χ0n) is 15.2. The number of benzene rings is 1. The minimum absolute atomic E-state index is 0.0972. The zero-order chi connectivity index (χ0) is 19.0. The van der Waals surface area contributed by atoms with Crippen molar-refractivity contribution < 1.29 is 13.8 Å². The first kappa shape index (κ1) is 17.8. The first-order valence-corrected chi connectivity index (χ1v) is 9.41. The van der Waals surface area contributed by atoms with Crippen molar-refractivity contribution >= 4 is 17.5 Å². The standard InChI is InChI=1S/C20H20ClN3O3/c1-12(2)18-10-15(22-26-18)17-7-4-8-24(17)20(25)16-11-19(27-23-16)13-5-3-6-14(21)9-13/h3,5-6,9-12,17H,4,7-8H2,1-2H3. The van der Waals surface area contributed by atoms with Crippen LogP contribution in [0.3, 0.4) is 0 Å². The quantitative estimate of drug-likeness (QED) is 0.625. The van der Waals surface area contributed by atoms with Crippen LogP contribution >= 0.6 is 11.6 Å². The molecule has 1 atom stereocenters. The first-order chi connectivity index (χ1) is 13.0. The van der Waals surface area contributed by atoms with Gasteiger partial charge in [-0.25, -0.2) is 0 Å². The van der Waals surface area contributed by atoms with Gasteiger partial charge >= 0.3 is 0 Å². The Balaban J connectivity index is 1.56. The van der Waals surface area contributed by atoms with Crippen LogP contribution in [0.15, 0.2) is 45.4 Å². The highest BCUT2D eigenvalue weighted by Gasteiger charge is 2.34. The van der Waals surface area contributed by atoms with E-state index in [1.54, 1.807) is 23.1 Å². The number of amides is 1. The van der Waals surface area contributed by atoms with E-state index in [9.17, 15) is 4.79 Å². The molecule has 7 heteroatoms. The second-order valence-corrected chi connectivity index (χ2v) is 7.49. The second-order valence-electron chi connectivity index (χ2n) is 7.05. The molecule has 1 amide bonds. The Morgan fingerprint density at radius 2 is 2.07 bits per heavy atom. The molecule has 140 valence electrons. The summed E-state index contributed by atoms with van der Waals surface area (Å²) in [5.41, 5.74) is 1.86. The Morgan fingerprint density at radius 1 is 1.22 bits per heavy atom. The van der Waals surface area contributed by atoms with Gasteiger partial charge in [0, 0.05) is 35.2 Å². The summed E-state index contributed by atoms with van der Waals surface area (Å²) < 4.78 is 10.8. The smallest absolute Gasteiger partial charge is 0.276 e. The van der Waals surface area contributed by atoms with Crippen molar-refractivity contribution in [3.63, 3.8) is 0 Å². The molecule has 2 aromatic heterocycles. The van der Waals surface area contributed by atoms with Crippen molar-refractivity contribution in [1.29, 1.82) is 0 Å². The van der Waals surface area contributed by atoms with Crippen LogP contribution in [-0.2, 0) is 0 Å². The van der Waals surface area contributed by atoms with Crippen LogP contribution in [0, 0.1) is 0 Å². The summed E-state index contributed by atoms with van der Waals surface area (Å²) in [5.74, 6) is 1.44. The van der Waals surface area contributed by atoms with Crippen LogP contribution in [0.4, 0.5) is 0 Å². The summed E-state index contributed by atoms with van der Waals surface area (Å²) >= 11 is 6.03. The lowest BCUT2D eigenvalue weighted by Gasteiger charge is -2.21. The Hall–Kier alpha value is -2.60. The Labute approximate surface area is 162 Å². The topological polar surface area (TPSA) is 72.4 Å². The monoisotopic (exact) mass is 385 g/mol. The summed E-state index contributed by atoms with van der Waals surface area (Å²) in [5, 5.41) is 8.76. The van der Waals surface area contributed by atoms with Crippen molar-refractivity contribution in [2.45, 2.75) is 38.6 Å². The second kappa shape index (κ2) is 7.19. The molecule has 1 aromatic carbocycles. The number of rotatable bonds is 4. The fourth-order valence-corrected chi connectivity index (χ4v) is 3.54. The molecule has 0 saturated carbocycles. The van der Waals surface area contributed by atoms with Gasteiger partial charge in [-0.1, -0.05) is 47.9 Å². The summed E-state index contributed by atoms with van der Waals surface area (Å²) in [6.45, 7) is 4.76. The van der Waals surface area contributed by atoms with Gasteiger partial charge in [-0.05, 0) is 25.0 Å². The van der Waals surface area contributed by atoms with E-state index in [-0.39, 0.29) is 23.6 Å². The van der Waals surface area contributed by atoms with E-state index < -0.39 is 0 Å². The largest absolute Gasteiger partial charge is 0.361 e. The molecule has 0 N–H and O–H groups in total. The molecule has 0 bridgehead atoms. The van der Waals surface area contributed by atoms with Crippen molar-refractivity contribution in [2.75, 3.05) is 6.54 Å². The minimum atomic E-state index is -0.163. The highest BCUT2D eigenvalue weighted by atomic mass is 35.5. The predicted octanol–water partition coefficient (Wildman–Crippen LogP) is 5.08. The van der Waals surface area contributed by atoms with E-state index in [2.05, 4.69) is 24.2 Å². The van der Waals surface area contributed by atoms with Crippen molar-refractivity contribution in [2.24, 2.45) is 0 Å². The molecule has 1 fully saturated rings. The fourth-order valence-electron chi connectivity index (χ4n) is 3.35. The predicted molar refractivity (Wildman–Crippen MR) is 101 cm³/mol. The van der Waals surface area contributed by atoms with E-state index in [0.29, 0.717) is 17.3 Å². The zero-order valence-corrected chi connectivity index (χ0v) is 15.9. The fraction of sp³-hybridized carbons (Fsp3) is 0.350. The molecular weight excluding hydrogens is 366 g/mol. The lowest BCUT2D eigenvalue weighted by molar-refractivity contribution is 0.0720. The summed E-state index contributed by atoms with van der Waals surface area (Å²) in [7, 11) is 0. The Kier molecular flexibility index (Phi) is 4.74. The van der Waals surface area contributed by atoms with Gasteiger partial charge in [0.05, 0.1) is 6.04 Å². The number of hydrogen-bond acceptors (Lipinski definition) is 5. The molecule has 0 spiro atoms. The third-order valence-electron chi connectivity index (χ3n) is 4.81. The van der Waals surface area contributed by atoms with Gasteiger partial charge in [0.1, 0.15) is 11.5 Å². The molecule has 3 aromatic rings. The van der Waals surface area contributed by atoms with E-state index in [0.717, 1.165) is 29.9 Å². The maximum absolute atomic E-state index is 13.0. The van der Waals surface area contributed by atoms with Gasteiger partial charge < -0.3 is 13.9 Å². The van der Waals surface area contributed by atoms with Crippen molar-refractivity contribution in [3.8, 4) is 11.3 Å². The molecule has 0 aliphatic carbocycles. The van der Waals surface area contributed by atoms with E-state index in [1.807, 2.05) is 18.2 Å². The lowest BCUT2D eigenvalue weighted by Crippen LogP contribution is -2.30. The van der Waals surface area contributed by atoms with Gasteiger partial charge in [0.25, 0.3) is 5.91 Å². The molecule has 27 heavy (non-hydrogen) atoms. The molecule has 0 radical (unpaired) electrons. The van der Waals surface area contributed by atoms with Crippen molar-refractivity contribution in [1.82, 2.24) is 15.2 Å². The molecule has 1 aliphatic rings. The Bertz CT molecular complexity index is 963. The first-order valence-electron chi connectivity index (χ1n) is 9.03. The minimum Gasteiger partial charge on any atom is -0.361 e. The summed E-state index contributed by atoms with van der Waals surface area (Å²) in [6.07, 6.45) is 1.77. The molecule has 1 unspecified atom stereocenters. The average molecular weight is 386 g/mol. The number of carbonyl (C=O) groups excluding carboxylic acids is 1. The number of halogens is 1. The molecule has 4 rings (SSSR count). The maximum Gasteiger partial charge on any atom is 0.276 e. The van der Waals surface area contributed by atoms with E-state index in [1.165, 1.54) is 0 Å². The molecule has 1 saturated heterocycles. The van der Waals surface area contributed by atoms with Crippen LogP contribution in [0.5, 0.6) is 0 Å². The highest BCUT2D eigenvalue weighted by molar-refractivity contribution is 6.30. The highest BCUT2D eigenvalue weighted by Crippen LogP contribution is 2.34. The van der Waals surface area contributed by atoms with Gasteiger partial charge in [-0.15, -0.1) is 0 Å². The van der Waals surface area contributed by atoms with Crippen molar-refractivity contribution in [3.05, 3.63) is 58.6 Å². The Morgan fingerprint density at radius 3 is 2.81 bits per heavy atom. The third kappa shape index (κ3) is 3.49. The average Bonchev–Trinajstić information content (AvgIpc) is 3.40. The molecule has 3 heterocycles. The lowest BCUT2D eigenvalue weighted by atomic mass is 10.1. The number of aromatic nitrogens is 2. The third-order valence-corrected chi connectivity index (χ3v) is 5.04. The SMILES string of the molecule is CC(C)c1cc(C2CCCN2C(=O)c2cc(-c3cccc(Cl)c3)on2)no1. The van der Waals surface area contributed by atoms with Crippen LogP contribution in [-0.4, -0.2) is 27.7 Å². The number of hydrogen-bond donors (Lipinski definition) is 0. The van der Waals surface area contributed by atoms with E-state index >= 15 is 0 Å². The molecule has 6 nitrogen and oxygen atoms in total. The van der Waals surface area contributed by atoms with E-state index in [4.69, 9.17) is 20.6 Å². The van der Waals surface area contributed by atoms with Gasteiger partial charge in [0.15, 0.2) is 11.5 Å². The number of carbonyl (C=O) groups is 1. The number of likely N-dealkylation sites (tertiary alicyclic amines) is 1. The van der Waals surface area contributed by atoms with Crippen LogP contribution < -0.4 is 0 Å². The summed E-state index contributed by atoms with van der Waals surface area (Å²) in [6, 6.07) is 10.8. The summed E-state index contributed by atoms with van der Waals surface area (Å²) in [4.78, 5) is 14.8. The molecule has 1 aliphatic heterocycles. The van der Waals surface area contributed by atoms with Crippen LogP contribution in [0.1, 0.15) is 60.6 Å². The van der Waals surface area contributed by atoms with Crippen LogP contribution in [0.25, 0.3) is 11.3 Å². The van der Waals surface area contributed by atoms with Gasteiger partial charge in [-0.2, -0.15) is 0 Å². The maximum atomic E-state index is 13.0. The normalized spacial score (nSPS) is 17.0. The van der Waals surface area contributed by atoms with Gasteiger partial charge in [0.2, 0.25) is 0 Å². The van der Waals surface area contributed by atoms with Crippen LogP contribution in [0.2, 0.25) is 5.02 Å².